The summed E-state index contributed by atoms with van der Waals surface area (Å²) in [6, 6.07) is 9.34. The third-order valence-electron chi connectivity index (χ3n) is 4.48. The second-order valence-electron chi connectivity index (χ2n) is 7.16. The lowest BCUT2D eigenvalue weighted by Gasteiger charge is -2.03. The molecule has 0 aromatic heterocycles. The topological polar surface area (TPSA) is 127 Å². The van der Waals surface area contributed by atoms with Crippen molar-refractivity contribution in [2.45, 2.75) is 12.8 Å². The number of aromatic hydroxyl groups is 2. The second-order valence-corrected chi connectivity index (χ2v) is 7.16. The number of methoxy groups -OCH3 is 2. The Bertz CT molecular complexity index is 1100. The van der Waals surface area contributed by atoms with Crippen molar-refractivity contribution in [3.8, 4) is 23.0 Å². The molecule has 0 aliphatic carbocycles. The van der Waals surface area contributed by atoms with E-state index in [1.54, 1.807) is 36.4 Å². The summed E-state index contributed by atoms with van der Waals surface area (Å²) >= 11 is 0. The number of ketones is 4. The molecule has 0 spiro atoms. The molecule has 0 heterocycles. The fraction of sp³-hybridized carbons (Fsp3) is 0.143. The Hall–Kier alpha value is -4.72. The van der Waals surface area contributed by atoms with Crippen LogP contribution in [0, 0.1) is 0 Å². The molecule has 0 aliphatic heterocycles. The Morgan fingerprint density at radius 2 is 1.06 bits per heavy atom. The highest BCUT2D eigenvalue weighted by molar-refractivity contribution is 6.11. The zero-order valence-corrected chi connectivity index (χ0v) is 20.1. The Balaban J connectivity index is 0.000000613. The SMILES string of the molecule is C=CC(=O)CC(=O)C=C.COc1cc(/C=C/C(=O)CC(=O)/C=C/c2ccc(O)c(OC)c2)ccc1O. The van der Waals surface area contributed by atoms with Crippen molar-refractivity contribution in [2.75, 3.05) is 14.2 Å². The van der Waals surface area contributed by atoms with Gasteiger partial charge in [0, 0.05) is 0 Å². The number of phenols is 2. The number of hydrogen-bond donors (Lipinski definition) is 2. The van der Waals surface area contributed by atoms with Gasteiger partial charge in [-0.15, -0.1) is 0 Å². The first-order valence-electron chi connectivity index (χ1n) is 10.6. The highest BCUT2D eigenvalue weighted by Gasteiger charge is 2.06. The smallest absolute Gasteiger partial charge is 0.163 e. The Kier molecular flexibility index (Phi) is 12.4. The molecule has 188 valence electrons. The molecule has 0 aliphatic rings. The summed E-state index contributed by atoms with van der Waals surface area (Å²) in [5.74, 6) is -0.611. The van der Waals surface area contributed by atoms with E-state index in [4.69, 9.17) is 9.47 Å². The maximum absolute atomic E-state index is 11.9. The van der Waals surface area contributed by atoms with Gasteiger partial charge in [-0.05, 0) is 59.7 Å². The summed E-state index contributed by atoms with van der Waals surface area (Å²) in [5, 5.41) is 19.1. The number of carbonyl (C=O) groups excluding carboxylic acids is 4. The molecule has 0 saturated carbocycles. The first-order valence-corrected chi connectivity index (χ1v) is 10.6. The van der Waals surface area contributed by atoms with Gasteiger partial charge in [0.1, 0.15) is 0 Å². The van der Waals surface area contributed by atoms with E-state index in [2.05, 4.69) is 13.2 Å². The molecular weight excluding hydrogens is 464 g/mol. The van der Waals surface area contributed by atoms with Crippen LogP contribution in [-0.2, 0) is 19.2 Å². The van der Waals surface area contributed by atoms with Crippen molar-refractivity contribution in [2.24, 2.45) is 0 Å². The molecule has 0 saturated heterocycles. The van der Waals surface area contributed by atoms with Gasteiger partial charge >= 0.3 is 0 Å². The first-order chi connectivity index (χ1) is 17.1. The zero-order chi connectivity index (χ0) is 27.1. The third-order valence-corrected chi connectivity index (χ3v) is 4.48. The summed E-state index contributed by atoms with van der Waals surface area (Å²) < 4.78 is 10.00. The monoisotopic (exact) mass is 492 g/mol. The van der Waals surface area contributed by atoms with Crippen LogP contribution in [0.5, 0.6) is 23.0 Å². The Morgan fingerprint density at radius 3 is 1.39 bits per heavy atom. The first kappa shape index (κ1) is 29.3. The van der Waals surface area contributed by atoms with Crippen LogP contribution in [0.15, 0.2) is 73.9 Å². The van der Waals surface area contributed by atoms with Gasteiger partial charge in [0.05, 0.1) is 27.1 Å². The number of phenolic OH excluding ortho intramolecular Hbond substituents is 2. The van der Waals surface area contributed by atoms with Crippen molar-refractivity contribution in [1.82, 2.24) is 0 Å². The van der Waals surface area contributed by atoms with Gasteiger partial charge in [0.15, 0.2) is 46.1 Å². The minimum Gasteiger partial charge on any atom is -0.504 e. The molecule has 36 heavy (non-hydrogen) atoms. The minimum absolute atomic E-state index is 0.00662. The predicted octanol–water partition coefficient (Wildman–Crippen LogP) is 4.26. The van der Waals surface area contributed by atoms with E-state index >= 15 is 0 Å². The maximum atomic E-state index is 11.9. The molecule has 2 N–H and O–H groups in total. The Morgan fingerprint density at radius 1 is 0.694 bits per heavy atom. The lowest BCUT2D eigenvalue weighted by Crippen LogP contribution is -2.01. The zero-order valence-electron chi connectivity index (χ0n) is 20.1. The minimum atomic E-state index is -0.347. The van der Waals surface area contributed by atoms with Crippen molar-refractivity contribution in [3.63, 3.8) is 0 Å². The lowest BCUT2D eigenvalue weighted by molar-refractivity contribution is -0.123. The molecule has 2 rings (SSSR count). The predicted molar refractivity (Wildman–Crippen MR) is 137 cm³/mol. The van der Waals surface area contributed by atoms with Crippen molar-refractivity contribution >= 4 is 35.3 Å². The summed E-state index contributed by atoms with van der Waals surface area (Å²) in [5.41, 5.74) is 1.33. The van der Waals surface area contributed by atoms with Crippen LogP contribution >= 0.6 is 0 Å². The van der Waals surface area contributed by atoms with Gasteiger partial charge < -0.3 is 19.7 Å². The largest absolute Gasteiger partial charge is 0.504 e. The number of benzene rings is 2. The van der Waals surface area contributed by atoms with E-state index in [9.17, 15) is 29.4 Å². The molecule has 8 heteroatoms. The molecule has 0 amide bonds. The van der Waals surface area contributed by atoms with E-state index in [1.807, 2.05) is 0 Å². The molecular formula is C28H28O8. The van der Waals surface area contributed by atoms with Crippen molar-refractivity contribution in [3.05, 3.63) is 85.0 Å². The van der Waals surface area contributed by atoms with E-state index < -0.39 is 0 Å². The Labute approximate surface area is 209 Å². The fourth-order valence-corrected chi connectivity index (χ4v) is 2.58. The van der Waals surface area contributed by atoms with Gasteiger partial charge in [-0.3, -0.25) is 19.2 Å². The molecule has 0 fully saturated rings. The van der Waals surface area contributed by atoms with E-state index in [-0.39, 0.29) is 47.5 Å². The van der Waals surface area contributed by atoms with Crippen molar-refractivity contribution < 1.29 is 38.9 Å². The lowest BCUT2D eigenvalue weighted by atomic mass is 10.1. The molecule has 2 aromatic carbocycles. The molecule has 2 aromatic rings. The molecule has 0 radical (unpaired) electrons. The number of hydrogen-bond acceptors (Lipinski definition) is 8. The van der Waals surface area contributed by atoms with Crippen LogP contribution in [0.1, 0.15) is 24.0 Å². The maximum Gasteiger partial charge on any atom is 0.163 e. The van der Waals surface area contributed by atoms with Gasteiger partial charge in [0.25, 0.3) is 0 Å². The number of rotatable bonds is 12. The summed E-state index contributed by atoms with van der Waals surface area (Å²) in [4.78, 5) is 44.6. The number of carbonyl (C=O) groups is 4. The van der Waals surface area contributed by atoms with E-state index in [0.29, 0.717) is 22.6 Å². The number of allylic oxidation sites excluding steroid dienone is 4. The quantitative estimate of drug-likeness (QED) is 0.332. The van der Waals surface area contributed by atoms with Gasteiger partial charge in [-0.25, -0.2) is 0 Å². The van der Waals surface area contributed by atoms with E-state index in [1.165, 1.54) is 38.5 Å². The highest BCUT2D eigenvalue weighted by atomic mass is 16.5. The normalized spacial score (nSPS) is 10.3. The van der Waals surface area contributed by atoms with Gasteiger partial charge in [-0.2, -0.15) is 0 Å². The molecule has 0 unspecified atom stereocenters. The van der Waals surface area contributed by atoms with Crippen LogP contribution in [0.4, 0.5) is 0 Å². The summed E-state index contributed by atoms with van der Waals surface area (Å²) in [7, 11) is 2.87. The second kappa shape index (κ2) is 15.2. The summed E-state index contributed by atoms with van der Waals surface area (Å²) in [6.07, 6.45) is 7.59. The van der Waals surface area contributed by atoms with Gasteiger partial charge in [0.2, 0.25) is 0 Å². The third kappa shape index (κ3) is 10.5. The average Bonchev–Trinajstić information content (AvgIpc) is 2.87. The number of ether oxygens (including phenoxy) is 2. The average molecular weight is 493 g/mol. The van der Waals surface area contributed by atoms with Crippen molar-refractivity contribution in [1.29, 1.82) is 0 Å². The summed E-state index contributed by atoms with van der Waals surface area (Å²) in [6.45, 7) is 6.42. The highest BCUT2D eigenvalue weighted by Crippen LogP contribution is 2.27. The van der Waals surface area contributed by atoms with Crippen LogP contribution in [0.3, 0.4) is 0 Å². The van der Waals surface area contributed by atoms with Gasteiger partial charge in [-0.1, -0.05) is 37.4 Å². The fourth-order valence-electron chi connectivity index (χ4n) is 2.58. The van der Waals surface area contributed by atoms with Crippen LogP contribution in [0.25, 0.3) is 12.2 Å². The van der Waals surface area contributed by atoms with Crippen LogP contribution in [-0.4, -0.2) is 47.6 Å². The molecule has 0 bridgehead atoms. The molecule has 0 atom stereocenters. The van der Waals surface area contributed by atoms with Crippen LogP contribution < -0.4 is 9.47 Å². The van der Waals surface area contributed by atoms with Crippen LogP contribution in [0.2, 0.25) is 0 Å². The van der Waals surface area contributed by atoms with E-state index in [0.717, 1.165) is 12.2 Å². The standard InChI is InChI=1S/C21H20O6.C7H8O2/c1-26-20-11-14(5-9-18(20)24)3-7-16(22)13-17(23)8-4-15-6-10-19(25)21(12-15)27-2;1-3-6(8)5-7(9)4-2/h3-12,24-25H,13H2,1-2H3;3-4H,1-2,5H2/b7-3+,8-4+;. The molecule has 8 nitrogen and oxygen atoms in total.